The Morgan fingerprint density at radius 1 is 1.04 bits per heavy atom. The number of nitrogens with one attached hydrogen (secondary N) is 1. The molecule has 0 aromatic carbocycles. The first-order chi connectivity index (χ1) is 11.3. The van der Waals surface area contributed by atoms with Gasteiger partial charge in [0.25, 0.3) is 0 Å². The number of hydrogen-bond donors (Lipinski definition) is 1. The molecule has 1 amide bonds. The van der Waals surface area contributed by atoms with Gasteiger partial charge in [0.2, 0.25) is 5.91 Å². The van der Waals surface area contributed by atoms with E-state index in [2.05, 4.69) is 22.0 Å². The Morgan fingerprint density at radius 2 is 1.74 bits per heavy atom. The van der Waals surface area contributed by atoms with Crippen LogP contribution >= 0.6 is 0 Å². The lowest BCUT2D eigenvalue weighted by Crippen LogP contribution is -2.49. The topological polar surface area (TPSA) is 35.6 Å². The van der Waals surface area contributed by atoms with Gasteiger partial charge in [-0.3, -0.25) is 9.69 Å². The number of likely N-dealkylation sites (tertiary alicyclic amines) is 1. The Kier molecular flexibility index (Phi) is 6.35. The number of rotatable bonds is 7. The van der Waals surface area contributed by atoms with Gasteiger partial charge in [-0.05, 0) is 57.9 Å². The average Bonchev–Trinajstić information content (AvgIpc) is 3.40. The van der Waals surface area contributed by atoms with E-state index in [0.717, 1.165) is 25.6 Å². The molecule has 0 radical (unpaired) electrons. The maximum absolute atomic E-state index is 12.7. The Morgan fingerprint density at radius 3 is 2.35 bits per heavy atom. The molecule has 1 aliphatic heterocycles. The van der Waals surface area contributed by atoms with Gasteiger partial charge < -0.3 is 10.2 Å². The summed E-state index contributed by atoms with van der Waals surface area (Å²) in [5.74, 6) is 1.33. The van der Waals surface area contributed by atoms with Crippen LogP contribution in [0.1, 0.15) is 64.7 Å². The normalized spacial score (nSPS) is 24.7. The van der Waals surface area contributed by atoms with Gasteiger partial charge >= 0.3 is 0 Å². The summed E-state index contributed by atoms with van der Waals surface area (Å²) >= 11 is 0. The van der Waals surface area contributed by atoms with Crippen molar-refractivity contribution in [3.8, 4) is 0 Å². The van der Waals surface area contributed by atoms with E-state index in [1.807, 2.05) is 0 Å². The molecule has 4 heteroatoms. The van der Waals surface area contributed by atoms with E-state index >= 15 is 0 Å². The van der Waals surface area contributed by atoms with Crippen LogP contribution in [-0.4, -0.2) is 60.5 Å². The maximum atomic E-state index is 12.7. The minimum absolute atomic E-state index is 0.365. The zero-order valence-corrected chi connectivity index (χ0v) is 14.9. The number of carbonyl (C=O) groups is 1. The largest absolute Gasteiger partial charge is 0.339 e. The van der Waals surface area contributed by atoms with Crippen molar-refractivity contribution in [1.82, 2.24) is 15.1 Å². The third-order valence-corrected chi connectivity index (χ3v) is 6.02. The van der Waals surface area contributed by atoms with Crippen LogP contribution in [0.5, 0.6) is 0 Å². The van der Waals surface area contributed by atoms with Gasteiger partial charge in [0.15, 0.2) is 0 Å². The summed E-state index contributed by atoms with van der Waals surface area (Å²) in [4.78, 5) is 17.3. The summed E-state index contributed by atoms with van der Waals surface area (Å²) in [6.07, 6.45) is 11.6. The fraction of sp³-hybridized carbons (Fsp3) is 0.947. The van der Waals surface area contributed by atoms with E-state index in [-0.39, 0.29) is 0 Å². The molecule has 3 fully saturated rings. The van der Waals surface area contributed by atoms with Crippen LogP contribution in [0, 0.1) is 5.92 Å². The summed E-state index contributed by atoms with van der Waals surface area (Å²) in [6, 6.07) is 1.20. The third kappa shape index (κ3) is 5.18. The number of hydrogen-bond acceptors (Lipinski definition) is 3. The summed E-state index contributed by atoms with van der Waals surface area (Å²) in [7, 11) is 0. The molecule has 0 bridgehead atoms. The molecule has 4 nitrogen and oxygen atoms in total. The van der Waals surface area contributed by atoms with Gasteiger partial charge in [-0.1, -0.05) is 19.3 Å². The summed E-state index contributed by atoms with van der Waals surface area (Å²) in [5.41, 5.74) is 0. The van der Waals surface area contributed by atoms with Gasteiger partial charge in [-0.25, -0.2) is 0 Å². The van der Waals surface area contributed by atoms with Crippen LogP contribution in [0.3, 0.4) is 0 Å². The molecule has 2 aliphatic carbocycles. The van der Waals surface area contributed by atoms with Crippen molar-refractivity contribution in [3.05, 3.63) is 0 Å². The Balaban J connectivity index is 1.38. The second-order valence-electron chi connectivity index (χ2n) is 7.87. The highest BCUT2D eigenvalue weighted by Crippen LogP contribution is 2.28. The van der Waals surface area contributed by atoms with Crippen LogP contribution < -0.4 is 5.32 Å². The van der Waals surface area contributed by atoms with E-state index in [1.165, 1.54) is 64.3 Å². The predicted molar refractivity (Wildman–Crippen MR) is 94.4 cm³/mol. The van der Waals surface area contributed by atoms with Crippen molar-refractivity contribution in [2.75, 3.05) is 32.7 Å². The van der Waals surface area contributed by atoms with Crippen LogP contribution in [0.15, 0.2) is 0 Å². The predicted octanol–water partition coefficient (Wildman–Crippen LogP) is 2.63. The lowest BCUT2D eigenvalue weighted by Gasteiger charge is -2.37. The van der Waals surface area contributed by atoms with Gasteiger partial charge in [0.1, 0.15) is 0 Å². The van der Waals surface area contributed by atoms with Crippen molar-refractivity contribution in [1.29, 1.82) is 0 Å². The highest BCUT2D eigenvalue weighted by atomic mass is 16.2. The second-order valence-corrected chi connectivity index (χ2v) is 7.87. The fourth-order valence-electron chi connectivity index (χ4n) is 4.26. The zero-order chi connectivity index (χ0) is 16.1. The highest BCUT2D eigenvalue weighted by Gasteiger charge is 2.28. The smallest absolute Gasteiger partial charge is 0.236 e. The van der Waals surface area contributed by atoms with Crippen molar-refractivity contribution < 1.29 is 4.79 Å². The molecule has 1 N–H and O–H groups in total. The Labute approximate surface area is 142 Å². The molecule has 2 saturated carbocycles. The number of carbonyl (C=O) groups excluding carboxylic acids is 1. The lowest BCUT2D eigenvalue weighted by atomic mass is 9.94. The van der Waals surface area contributed by atoms with Crippen LogP contribution in [0.4, 0.5) is 0 Å². The van der Waals surface area contributed by atoms with Crippen LogP contribution in [0.25, 0.3) is 0 Å². The summed E-state index contributed by atoms with van der Waals surface area (Å²) in [6.45, 7) is 7.03. The molecule has 1 saturated heterocycles. The molecule has 1 heterocycles. The molecule has 0 unspecified atom stereocenters. The van der Waals surface area contributed by atoms with E-state index in [9.17, 15) is 4.79 Å². The molecular weight excluding hydrogens is 286 g/mol. The van der Waals surface area contributed by atoms with Gasteiger partial charge in [-0.2, -0.15) is 0 Å². The van der Waals surface area contributed by atoms with Gasteiger partial charge in [0.05, 0.1) is 6.54 Å². The number of piperidine rings is 1. The molecule has 132 valence electrons. The molecule has 23 heavy (non-hydrogen) atoms. The SMILES string of the molecule is CCN(C(=O)CN1CCC(NCC2CC2)CC1)C1CCCCC1. The van der Waals surface area contributed by atoms with E-state index < -0.39 is 0 Å². The molecule has 0 aromatic heterocycles. The molecule has 0 atom stereocenters. The number of nitrogens with zero attached hydrogens (tertiary/aromatic N) is 2. The first-order valence-electron chi connectivity index (χ1n) is 10.0. The number of amides is 1. The standard InChI is InChI=1S/C19H35N3O/c1-2-22(18-6-4-3-5-7-18)19(23)15-21-12-10-17(11-13-21)20-14-16-8-9-16/h16-18,20H,2-15H2,1H3. The van der Waals surface area contributed by atoms with Crippen LogP contribution in [-0.2, 0) is 4.79 Å². The fourth-order valence-corrected chi connectivity index (χ4v) is 4.26. The minimum Gasteiger partial charge on any atom is -0.339 e. The number of likely N-dealkylation sites (N-methyl/N-ethyl adjacent to an activating group) is 1. The molecule has 3 aliphatic rings. The average molecular weight is 322 g/mol. The monoisotopic (exact) mass is 321 g/mol. The van der Waals surface area contributed by atoms with Crippen molar-refractivity contribution in [3.63, 3.8) is 0 Å². The maximum Gasteiger partial charge on any atom is 0.236 e. The molecule has 0 aromatic rings. The first kappa shape index (κ1) is 17.2. The second kappa shape index (κ2) is 8.48. The third-order valence-electron chi connectivity index (χ3n) is 6.02. The molecule has 0 spiro atoms. The minimum atomic E-state index is 0.365. The van der Waals surface area contributed by atoms with E-state index in [4.69, 9.17) is 0 Å². The Hall–Kier alpha value is -0.610. The zero-order valence-electron chi connectivity index (χ0n) is 14.9. The lowest BCUT2D eigenvalue weighted by molar-refractivity contribution is -0.135. The quantitative estimate of drug-likeness (QED) is 0.783. The van der Waals surface area contributed by atoms with E-state index in [1.54, 1.807) is 0 Å². The highest BCUT2D eigenvalue weighted by molar-refractivity contribution is 5.78. The Bertz CT molecular complexity index is 369. The van der Waals surface area contributed by atoms with Crippen molar-refractivity contribution >= 4 is 5.91 Å². The van der Waals surface area contributed by atoms with Gasteiger partial charge in [-0.15, -0.1) is 0 Å². The summed E-state index contributed by atoms with van der Waals surface area (Å²) < 4.78 is 0. The van der Waals surface area contributed by atoms with Gasteiger partial charge in [0, 0.05) is 31.7 Å². The van der Waals surface area contributed by atoms with E-state index in [0.29, 0.717) is 24.5 Å². The van der Waals surface area contributed by atoms with Crippen molar-refractivity contribution in [2.45, 2.75) is 76.8 Å². The first-order valence-corrected chi connectivity index (χ1v) is 10.0. The van der Waals surface area contributed by atoms with Crippen molar-refractivity contribution in [2.24, 2.45) is 5.92 Å². The molecule has 3 rings (SSSR count). The van der Waals surface area contributed by atoms with Crippen LogP contribution in [0.2, 0.25) is 0 Å². The summed E-state index contributed by atoms with van der Waals surface area (Å²) in [5, 5.41) is 3.72. The molecular formula is C19H35N3O.